The Bertz CT molecular complexity index is 849. The molecule has 0 radical (unpaired) electrons. The van der Waals surface area contributed by atoms with Crippen molar-refractivity contribution in [3.8, 4) is 0 Å². The van der Waals surface area contributed by atoms with Crippen LogP contribution in [0, 0.1) is 17.8 Å². The molecule has 3 rings (SSSR count). The molecule has 0 saturated carbocycles. The zero-order valence-corrected chi connectivity index (χ0v) is 21.9. The van der Waals surface area contributed by atoms with Crippen LogP contribution in [0.4, 0.5) is 0 Å². The molecule has 2 unspecified atom stereocenters. The topological polar surface area (TPSA) is 96.4 Å². The number of esters is 1. The van der Waals surface area contributed by atoms with Crippen LogP contribution in [0.2, 0.25) is 0 Å². The van der Waals surface area contributed by atoms with E-state index in [1.807, 2.05) is 34.6 Å². The lowest BCUT2D eigenvalue weighted by Gasteiger charge is -2.44. The van der Waals surface area contributed by atoms with Gasteiger partial charge in [-0.3, -0.25) is 14.4 Å². The monoisotopic (exact) mass is 490 g/mol. The third-order valence-corrected chi connectivity index (χ3v) is 7.74. The molecule has 8 heteroatoms. The van der Waals surface area contributed by atoms with Crippen LogP contribution < -0.4 is 0 Å². The van der Waals surface area contributed by atoms with Crippen LogP contribution in [0.15, 0.2) is 25.3 Å². The molecule has 1 N–H and O–H groups in total. The predicted octanol–water partition coefficient (Wildman–Crippen LogP) is 2.70. The number of rotatable bonds is 11. The van der Waals surface area contributed by atoms with E-state index in [0.717, 1.165) is 6.42 Å². The van der Waals surface area contributed by atoms with Gasteiger partial charge in [0.25, 0.3) is 0 Å². The van der Waals surface area contributed by atoms with E-state index in [2.05, 4.69) is 13.2 Å². The van der Waals surface area contributed by atoms with Gasteiger partial charge in [-0.2, -0.15) is 0 Å². The van der Waals surface area contributed by atoms with Crippen LogP contribution in [-0.2, 0) is 23.9 Å². The lowest BCUT2D eigenvalue weighted by Crippen LogP contribution is -2.62. The fourth-order valence-corrected chi connectivity index (χ4v) is 6.08. The van der Waals surface area contributed by atoms with Crippen molar-refractivity contribution in [2.75, 3.05) is 19.8 Å². The van der Waals surface area contributed by atoms with Crippen LogP contribution in [0.1, 0.15) is 60.3 Å². The third-order valence-electron chi connectivity index (χ3n) is 7.74. The summed E-state index contributed by atoms with van der Waals surface area (Å²) in [6.07, 6.45) is 5.45. The summed E-state index contributed by atoms with van der Waals surface area (Å²) in [4.78, 5) is 44.7. The second-order valence-corrected chi connectivity index (χ2v) is 11.3. The number of likely N-dealkylation sites (tertiary alicyclic amines) is 1. The minimum Gasteiger partial charge on any atom is -0.465 e. The Kier molecular flexibility index (Phi) is 8.16. The number of unbranched alkanes of at least 4 members (excludes halogenated alkanes) is 1. The van der Waals surface area contributed by atoms with Crippen molar-refractivity contribution < 1.29 is 29.0 Å². The number of carbonyl (C=O) groups is 3. The molecule has 1 spiro atoms. The third kappa shape index (κ3) is 4.67. The summed E-state index contributed by atoms with van der Waals surface area (Å²) < 4.78 is 12.0. The second kappa shape index (κ2) is 10.4. The molecule has 0 aromatic carbocycles. The maximum absolute atomic E-state index is 14.2. The summed E-state index contributed by atoms with van der Waals surface area (Å²) in [5.41, 5.74) is -1.64. The highest BCUT2D eigenvalue weighted by Crippen LogP contribution is 2.59. The second-order valence-electron chi connectivity index (χ2n) is 11.3. The first-order valence-corrected chi connectivity index (χ1v) is 12.8. The minimum absolute atomic E-state index is 0.0986. The molecular formula is C27H42N2O6. The van der Waals surface area contributed by atoms with E-state index in [1.54, 1.807) is 17.1 Å². The summed E-state index contributed by atoms with van der Waals surface area (Å²) in [7, 11) is 0. The van der Waals surface area contributed by atoms with Crippen molar-refractivity contribution in [2.24, 2.45) is 17.8 Å². The Hall–Kier alpha value is -2.19. The lowest BCUT2D eigenvalue weighted by molar-refractivity contribution is -0.158. The fourth-order valence-electron chi connectivity index (χ4n) is 6.08. The van der Waals surface area contributed by atoms with Gasteiger partial charge >= 0.3 is 5.97 Å². The van der Waals surface area contributed by atoms with Gasteiger partial charge in [0.15, 0.2) is 0 Å². The van der Waals surface area contributed by atoms with Crippen molar-refractivity contribution in [1.29, 1.82) is 0 Å². The van der Waals surface area contributed by atoms with Gasteiger partial charge in [0, 0.05) is 12.1 Å². The molecule has 0 aromatic heterocycles. The minimum atomic E-state index is -1.11. The molecule has 3 aliphatic heterocycles. The first-order valence-electron chi connectivity index (χ1n) is 12.8. The number of allylic oxidation sites excluding steroid dienone is 1. The Morgan fingerprint density at radius 2 is 2.00 bits per heavy atom. The molecule has 0 aromatic rings. The SMILES string of the molecule is C=CCCCOC(=O)[C@@H]1[C@@H]2CCC3(O2)C(C(=O)N(CC=C)C(C)(C)C)N([C@@H](CO)C(C)C)C(=O)[C@H]13. The molecule has 0 aliphatic carbocycles. The zero-order valence-electron chi connectivity index (χ0n) is 21.9. The number of aliphatic hydroxyl groups is 1. The number of ether oxygens (including phenoxy) is 2. The normalized spacial score (nSPS) is 30.4. The van der Waals surface area contributed by atoms with Crippen LogP contribution in [0.3, 0.4) is 0 Å². The molecule has 6 atom stereocenters. The van der Waals surface area contributed by atoms with Gasteiger partial charge in [0.1, 0.15) is 11.6 Å². The van der Waals surface area contributed by atoms with Gasteiger partial charge in [-0.15, -0.1) is 13.2 Å². The first-order chi connectivity index (χ1) is 16.5. The lowest BCUT2D eigenvalue weighted by atomic mass is 9.70. The number of nitrogens with zero attached hydrogens (tertiary/aromatic N) is 2. The fraction of sp³-hybridized carbons (Fsp3) is 0.741. The Morgan fingerprint density at radius 1 is 1.31 bits per heavy atom. The van der Waals surface area contributed by atoms with Crippen LogP contribution in [0.5, 0.6) is 0 Å². The zero-order chi connectivity index (χ0) is 26.1. The summed E-state index contributed by atoms with van der Waals surface area (Å²) in [5, 5.41) is 10.3. The van der Waals surface area contributed by atoms with E-state index in [0.29, 0.717) is 25.8 Å². The molecular weight excluding hydrogens is 448 g/mol. The van der Waals surface area contributed by atoms with Crippen LogP contribution >= 0.6 is 0 Å². The molecule has 3 heterocycles. The van der Waals surface area contributed by atoms with Crippen molar-refractivity contribution >= 4 is 17.8 Å². The summed E-state index contributed by atoms with van der Waals surface area (Å²) >= 11 is 0. The van der Waals surface area contributed by atoms with Crippen molar-refractivity contribution in [1.82, 2.24) is 9.80 Å². The average Bonchev–Trinajstić information content (AvgIpc) is 3.42. The van der Waals surface area contributed by atoms with E-state index >= 15 is 0 Å². The van der Waals surface area contributed by atoms with Crippen molar-refractivity contribution in [3.63, 3.8) is 0 Å². The number of fused-ring (bicyclic) bond motifs is 1. The van der Waals surface area contributed by atoms with Crippen molar-refractivity contribution in [3.05, 3.63) is 25.3 Å². The Morgan fingerprint density at radius 3 is 2.54 bits per heavy atom. The summed E-state index contributed by atoms with van der Waals surface area (Å²) in [6, 6.07) is -1.50. The first kappa shape index (κ1) is 27.4. The molecule has 2 bridgehead atoms. The van der Waals surface area contributed by atoms with Gasteiger partial charge < -0.3 is 24.4 Å². The van der Waals surface area contributed by atoms with Gasteiger partial charge in [0.2, 0.25) is 11.8 Å². The highest BCUT2D eigenvalue weighted by Gasteiger charge is 2.76. The van der Waals surface area contributed by atoms with Gasteiger partial charge in [-0.05, 0) is 52.4 Å². The van der Waals surface area contributed by atoms with Gasteiger partial charge in [-0.25, -0.2) is 0 Å². The van der Waals surface area contributed by atoms with Gasteiger partial charge in [0.05, 0.1) is 37.2 Å². The molecule has 196 valence electrons. The van der Waals surface area contributed by atoms with E-state index in [-0.39, 0.29) is 30.9 Å². The maximum atomic E-state index is 14.2. The Labute approximate surface area is 209 Å². The van der Waals surface area contributed by atoms with E-state index in [1.165, 1.54) is 4.90 Å². The number of hydrogen-bond acceptors (Lipinski definition) is 6. The highest BCUT2D eigenvalue weighted by molar-refractivity contribution is 5.98. The smallest absolute Gasteiger partial charge is 0.312 e. The molecule has 3 saturated heterocycles. The van der Waals surface area contributed by atoms with E-state index in [4.69, 9.17) is 9.47 Å². The maximum Gasteiger partial charge on any atom is 0.312 e. The summed E-state index contributed by atoms with van der Waals surface area (Å²) in [5.74, 6) is -2.66. The van der Waals surface area contributed by atoms with Crippen LogP contribution in [0.25, 0.3) is 0 Å². The highest BCUT2D eigenvalue weighted by atomic mass is 16.6. The summed E-state index contributed by atoms with van der Waals surface area (Å²) in [6.45, 7) is 17.4. The van der Waals surface area contributed by atoms with Crippen LogP contribution in [-0.4, -0.2) is 81.8 Å². The number of amides is 2. The quantitative estimate of drug-likeness (QED) is 0.272. The number of aliphatic hydroxyl groups excluding tert-OH is 1. The van der Waals surface area contributed by atoms with E-state index in [9.17, 15) is 19.5 Å². The molecule has 2 amide bonds. The standard InChI is InChI=1S/C27H42N2O6/c1-8-10-11-15-34-25(33)20-19-12-13-27(35-19)21(20)23(31)29(18(16-30)17(3)4)22(27)24(32)28(14-9-2)26(5,6)7/h8-9,17-22,30H,1-2,10-16H2,3-7H3/t18-,19-,20+,21-,22?,27?/m0/s1. The average molecular weight is 491 g/mol. The van der Waals surface area contributed by atoms with E-state index < -0.39 is 47.1 Å². The predicted molar refractivity (Wildman–Crippen MR) is 132 cm³/mol. The number of hydrogen-bond donors (Lipinski definition) is 1. The molecule has 8 nitrogen and oxygen atoms in total. The van der Waals surface area contributed by atoms with Gasteiger partial charge in [-0.1, -0.05) is 26.0 Å². The largest absolute Gasteiger partial charge is 0.465 e. The molecule has 3 fully saturated rings. The molecule has 3 aliphatic rings. The Balaban J connectivity index is 2.04. The number of carbonyl (C=O) groups excluding carboxylic acids is 3. The van der Waals surface area contributed by atoms with Crippen molar-refractivity contribution in [2.45, 2.75) is 89.6 Å². The molecule has 35 heavy (non-hydrogen) atoms.